The molecule has 2 amide bonds. The van der Waals surface area contributed by atoms with E-state index in [2.05, 4.69) is 4.74 Å². The van der Waals surface area contributed by atoms with Gasteiger partial charge in [0.05, 0.1) is 7.11 Å². The Morgan fingerprint density at radius 2 is 1.60 bits per heavy atom. The van der Waals surface area contributed by atoms with Crippen molar-refractivity contribution in [2.75, 3.05) is 33.3 Å². The third kappa shape index (κ3) is 3.62. The lowest BCUT2D eigenvalue weighted by Gasteiger charge is -2.38. The maximum absolute atomic E-state index is 12.3. The van der Waals surface area contributed by atoms with Crippen molar-refractivity contribution in [3.63, 3.8) is 0 Å². The van der Waals surface area contributed by atoms with Crippen molar-refractivity contribution in [3.8, 4) is 0 Å². The topological polar surface area (TPSA) is 75.9 Å². The molecule has 2 N–H and O–H groups in total. The van der Waals surface area contributed by atoms with Crippen molar-refractivity contribution in [1.29, 1.82) is 0 Å². The lowest BCUT2D eigenvalue weighted by Crippen LogP contribution is -2.53. The zero-order valence-electron chi connectivity index (χ0n) is 12.3. The van der Waals surface area contributed by atoms with E-state index >= 15 is 0 Å². The summed E-state index contributed by atoms with van der Waals surface area (Å²) in [5.41, 5.74) is 6.02. The van der Waals surface area contributed by atoms with Gasteiger partial charge < -0.3 is 20.3 Å². The Morgan fingerprint density at radius 1 is 1.05 bits per heavy atom. The number of nitrogens with zero attached hydrogens (tertiary/aromatic N) is 2. The number of rotatable bonds is 2. The molecule has 1 saturated carbocycles. The molecular weight excluding hydrogens is 258 g/mol. The lowest BCUT2D eigenvalue weighted by atomic mass is 9.80. The van der Waals surface area contributed by atoms with Crippen LogP contribution in [0.2, 0.25) is 0 Å². The third-order valence-corrected chi connectivity index (χ3v) is 4.42. The molecule has 114 valence electrons. The minimum atomic E-state index is -0.320. The van der Waals surface area contributed by atoms with Gasteiger partial charge in [0.25, 0.3) is 0 Å². The molecule has 6 nitrogen and oxygen atoms in total. The number of nitrogens with two attached hydrogens (primary N) is 1. The molecule has 0 bridgehead atoms. The summed E-state index contributed by atoms with van der Waals surface area (Å²) in [6, 6.07) is 0. The van der Waals surface area contributed by atoms with E-state index in [1.807, 2.05) is 4.90 Å². The normalized spacial score (nSPS) is 22.5. The third-order valence-electron chi connectivity index (χ3n) is 4.42. The number of piperazine rings is 1. The van der Waals surface area contributed by atoms with Gasteiger partial charge in [-0.2, -0.15) is 0 Å². The Morgan fingerprint density at radius 3 is 2.15 bits per heavy atom. The minimum Gasteiger partial charge on any atom is -0.453 e. The van der Waals surface area contributed by atoms with Crippen molar-refractivity contribution >= 4 is 12.0 Å². The largest absolute Gasteiger partial charge is 0.453 e. The molecule has 2 fully saturated rings. The van der Waals surface area contributed by atoms with Gasteiger partial charge in [0.1, 0.15) is 0 Å². The summed E-state index contributed by atoms with van der Waals surface area (Å²) in [4.78, 5) is 27.2. The van der Waals surface area contributed by atoms with Crippen LogP contribution in [0.3, 0.4) is 0 Å². The maximum Gasteiger partial charge on any atom is 0.409 e. The highest BCUT2D eigenvalue weighted by Crippen LogP contribution is 2.29. The molecule has 0 aromatic carbocycles. The Kier molecular flexibility index (Phi) is 4.86. The van der Waals surface area contributed by atoms with Crippen LogP contribution in [0.4, 0.5) is 4.79 Å². The number of ether oxygens (including phenoxy) is 1. The van der Waals surface area contributed by atoms with E-state index in [1.165, 1.54) is 13.5 Å². The standard InChI is InChI=1S/C14H25N3O3/c1-20-13(19)17-9-7-16(8-10-17)12(18)11-14(15)5-3-2-4-6-14/h2-11,15H2,1H3. The molecule has 1 saturated heterocycles. The number of amides is 2. The van der Waals surface area contributed by atoms with Gasteiger partial charge in [0.2, 0.25) is 5.91 Å². The number of hydrogen-bond donors (Lipinski definition) is 1. The van der Waals surface area contributed by atoms with Gasteiger partial charge in [-0.05, 0) is 12.8 Å². The fraction of sp³-hybridized carbons (Fsp3) is 0.857. The predicted octanol–water partition coefficient (Wildman–Crippen LogP) is 0.949. The Balaban J connectivity index is 1.81. The highest BCUT2D eigenvalue weighted by Gasteiger charge is 2.33. The van der Waals surface area contributed by atoms with Crippen molar-refractivity contribution in [1.82, 2.24) is 9.80 Å². The number of hydrogen-bond acceptors (Lipinski definition) is 4. The first-order chi connectivity index (χ1) is 9.54. The van der Waals surface area contributed by atoms with Crippen LogP contribution >= 0.6 is 0 Å². The van der Waals surface area contributed by atoms with E-state index in [1.54, 1.807) is 4.90 Å². The van der Waals surface area contributed by atoms with Gasteiger partial charge in [-0.25, -0.2) is 4.79 Å². The second kappa shape index (κ2) is 6.43. The molecule has 0 radical (unpaired) electrons. The van der Waals surface area contributed by atoms with Gasteiger partial charge >= 0.3 is 6.09 Å². The second-order valence-corrected chi connectivity index (χ2v) is 5.94. The van der Waals surface area contributed by atoms with Crippen LogP contribution in [0.1, 0.15) is 38.5 Å². The number of carbonyl (C=O) groups is 2. The predicted molar refractivity (Wildman–Crippen MR) is 75.2 cm³/mol. The number of methoxy groups -OCH3 is 1. The van der Waals surface area contributed by atoms with Gasteiger partial charge in [-0.15, -0.1) is 0 Å². The summed E-state index contributed by atoms with van der Waals surface area (Å²) in [6.07, 6.45) is 5.48. The average Bonchev–Trinajstić information content (AvgIpc) is 2.47. The van der Waals surface area contributed by atoms with Crippen LogP contribution in [-0.4, -0.2) is 60.6 Å². The van der Waals surface area contributed by atoms with Crippen molar-refractivity contribution in [2.45, 2.75) is 44.1 Å². The first kappa shape index (κ1) is 15.1. The second-order valence-electron chi connectivity index (χ2n) is 5.94. The zero-order valence-corrected chi connectivity index (χ0v) is 12.3. The lowest BCUT2D eigenvalue weighted by molar-refractivity contribution is -0.134. The summed E-state index contributed by atoms with van der Waals surface area (Å²) in [6.45, 7) is 2.22. The van der Waals surface area contributed by atoms with E-state index in [-0.39, 0.29) is 17.5 Å². The summed E-state index contributed by atoms with van der Waals surface area (Å²) in [5, 5.41) is 0. The fourth-order valence-corrected chi connectivity index (χ4v) is 3.11. The van der Waals surface area contributed by atoms with Crippen molar-refractivity contribution in [3.05, 3.63) is 0 Å². The highest BCUT2D eigenvalue weighted by molar-refractivity contribution is 5.78. The van der Waals surface area contributed by atoms with Crippen LogP contribution in [0.25, 0.3) is 0 Å². The van der Waals surface area contributed by atoms with E-state index in [4.69, 9.17) is 5.73 Å². The van der Waals surface area contributed by atoms with Gasteiger partial charge in [0.15, 0.2) is 0 Å². The van der Waals surface area contributed by atoms with Gasteiger partial charge in [0, 0.05) is 38.1 Å². The van der Waals surface area contributed by atoms with Crippen molar-refractivity contribution < 1.29 is 14.3 Å². The van der Waals surface area contributed by atoms with Crippen molar-refractivity contribution in [2.24, 2.45) is 5.73 Å². The van der Waals surface area contributed by atoms with Crippen LogP contribution < -0.4 is 5.73 Å². The minimum absolute atomic E-state index is 0.124. The quantitative estimate of drug-likeness (QED) is 0.818. The molecule has 0 unspecified atom stereocenters. The molecule has 6 heteroatoms. The zero-order chi connectivity index (χ0) is 14.6. The molecule has 0 spiro atoms. The molecule has 0 atom stereocenters. The summed E-state index contributed by atoms with van der Waals surface area (Å²) < 4.78 is 4.69. The van der Waals surface area contributed by atoms with E-state index in [0.717, 1.165) is 25.7 Å². The molecule has 0 aromatic rings. The Hall–Kier alpha value is -1.30. The maximum atomic E-state index is 12.3. The summed E-state index contributed by atoms with van der Waals surface area (Å²) in [5.74, 6) is 0.124. The van der Waals surface area contributed by atoms with E-state index < -0.39 is 0 Å². The van der Waals surface area contributed by atoms with Crippen LogP contribution in [-0.2, 0) is 9.53 Å². The molecule has 0 aromatic heterocycles. The fourth-order valence-electron chi connectivity index (χ4n) is 3.11. The Labute approximate surface area is 120 Å². The van der Waals surface area contributed by atoms with E-state index in [0.29, 0.717) is 32.6 Å². The average molecular weight is 283 g/mol. The molecular formula is C14H25N3O3. The molecule has 1 heterocycles. The number of carbonyl (C=O) groups excluding carboxylic acids is 2. The molecule has 2 rings (SSSR count). The van der Waals surface area contributed by atoms with Gasteiger partial charge in [-0.1, -0.05) is 19.3 Å². The Bertz CT molecular complexity index is 359. The van der Waals surface area contributed by atoms with E-state index in [9.17, 15) is 9.59 Å². The smallest absolute Gasteiger partial charge is 0.409 e. The molecule has 1 aliphatic carbocycles. The van der Waals surface area contributed by atoms with Crippen LogP contribution in [0.15, 0.2) is 0 Å². The van der Waals surface area contributed by atoms with Gasteiger partial charge in [-0.3, -0.25) is 4.79 Å². The first-order valence-electron chi connectivity index (χ1n) is 7.44. The summed E-state index contributed by atoms with van der Waals surface area (Å²) in [7, 11) is 1.38. The molecule has 2 aliphatic rings. The molecule has 20 heavy (non-hydrogen) atoms. The summed E-state index contributed by atoms with van der Waals surface area (Å²) >= 11 is 0. The monoisotopic (exact) mass is 283 g/mol. The van der Waals surface area contributed by atoms with Crippen LogP contribution in [0.5, 0.6) is 0 Å². The SMILES string of the molecule is COC(=O)N1CCN(C(=O)CC2(N)CCCCC2)CC1. The highest BCUT2D eigenvalue weighted by atomic mass is 16.5. The molecule has 1 aliphatic heterocycles. The van der Waals surface area contributed by atoms with Crippen LogP contribution in [0, 0.1) is 0 Å². The first-order valence-corrected chi connectivity index (χ1v) is 7.44.